The molecule has 0 aromatic heterocycles. The van der Waals surface area contributed by atoms with Crippen LogP contribution in [0.1, 0.15) is 41.0 Å². The van der Waals surface area contributed by atoms with Gasteiger partial charge in [0.25, 0.3) is 0 Å². The van der Waals surface area contributed by atoms with Gasteiger partial charge < -0.3 is 5.73 Å². The molecular formula is C11H26N2. The van der Waals surface area contributed by atoms with Gasteiger partial charge in [-0.15, -0.1) is 0 Å². The lowest BCUT2D eigenvalue weighted by molar-refractivity contribution is 0.134. The van der Waals surface area contributed by atoms with Gasteiger partial charge in [0, 0.05) is 18.1 Å². The molecule has 2 nitrogen and oxygen atoms in total. The molecule has 0 heterocycles. The van der Waals surface area contributed by atoms with Gasteiger partial charge in [-0.25, -0.2) is 0 Å². The topological polar surface area (TPSA) is 29.3 Å². The number of rotatable bonds is 5. The minimum absolute atomic E-state index is 0.270. The molecule has 0 saturated carbocycles. The van der Waals surface area contributed by atoms with Gasteiger partial charge in [0.15, 0.2) is 0 Å². The highest BCUT2D eigenvalue weighted by Gasteiger charge is 2.23. The summed E-state index contributed by atoms with van der Waals surface area (Å²) in [7, 11) is 2.16. The fraction of sp³-hybridized carbons (Fsp3) is 1.00. The zero-order valence-electron chi connectivity index (χ0n) is 10.1. The normalized spacial score (nSPS) is 15.5. The largest absolute Gasteiger partial charge is 0.326 e. The molecule has 1 atom stereocenters. The zero-order valence-corrected chi connectivity index (χ0v) is 10.1. The van der Waals surface area contributed by atoms with Crippen LogP contribution < -0.4 is 5.73 Å². The van der Waals surface area contributed by atoms with E-state index in [1.165, 1.54) is 0 Å². The molecule has 2 heteroatoms. The van der Waals surface area contributed by atoms with Crippen molar-refractivity contribution in [1.82, 2.24) is 4.90 Å². The summed E-state index contributed by atoms with van der Waals surface area (Å²) < 4.78 is 0. The first-order valence-electron chi connectivity index (χ1n) is 5.28. The molecule has 0 radical (unpaired) electrons. The molecule has 0 amide bonds. The molecule has 0 aromatic carbocycles. The maximum absolute atomic E-state index is 6.03. The molecular weight excluding hydrogens is 160 g/mol. The van der Waals surface area contributed by atoms with Crippen LogP contribution in [0.2, 0.25) is 0 Å². The highest BCUT2D eigenvalue weighted by atomic mass is 15.2. The summed E-state index contributed by atoms with van der Waals surface area (Å²) in [6, 6.07) is 0.288. The third kappa shape index (κ3) is 4.10. The number of hydrogen-bond acceptors (Lipinski definition) is 2. The lowest BCUT2D eigenvalue weighted by Crippen LogP contribution is -2.48. The molecule has 0 bridgehead atoms. The van der Waals surface area contributed by atoms with Crippen LogP contribution in [0.15, 0.2) is 0 Å². The molecule has 0 aliphatic heterocycles. The van der Waals surface area contributed by atoms with E-state index in [-0.39, 0.29) is 11.6 Å². The van der Waals surface area contributed by atoms with Crippen molar-refractivity contribution < 1.29 is 0 Å². The summed E-state index contributed by atoms with van der Waals surface area (Å²) in [5.41, 5.74) is 6.30. The molecule has 0 saturated heterocycles. The minimum atomic E-state index is 0.270. The van der Waals surface area contributed by atoms with E-state index >= 15 is 0 Å². The van der Waals surface area contributed by atoms with Crippen molar-refractivity contribution in [2.24, 2.45) is 11.7 Å². The third-order valence-electron chi connectivity index (χ3n) is 3.24. The smallest absolute Gasteiger partial charge is 0.0191 e. The summed E-state index contributed by atoms with van der Waals surface area (Å²) in [6.45, 7) is 12.1. The average molecular weight is 186 g/mol. The molecule has 0 aliphatic carbocycles. The van der Waals surface area contributed by atoms with Gasteiger partial charge in [-0.2, -0.15) is 0 Å². The molecule has 0 spiro atoms. The Hall–Kier alpha value is -0.0800. The Balaban J connectivity index is 4.06. The predicted molar refractivity (Wildman–Crippen MR) is 59.8 cm³/mol. The molecule has 0 fully saturated rings. The van der Waals surface area contributed by atoms with Gasteiger partial charge in [-0.3, -0.25) is 4.90 Å². The quantitative estimate of drug-likeness (QED) is 0.712. The maximum Gasteiger partial charge on any atom is 0.0191 e. The summed E-state index contributed by atoms with van der Waals surface area (Å²) in [5.74, 6) is 0.565. The van der Waals surface area contributed by atoms with E-state index in [1.807, 2.05) is 0 Å². The Labute approximate surface area is 83.5 Å². The van der Waals surface area contributed by atoms with E-state index < -0.39 is 0 Å². The van der Waals surface area contributed by atoms with Crippen LogP contribution in [-0.4, -0.2) is 30.1 Å². The Morgan fingerprint density at radius 2 is 1.77 bits per heavy atom. The minimum Gasteiger partial charge on any atom is -0.326 e. The van der Waals surface area contributed by atoms with Crippen LogP contribution >= 0.6 is 0 Å². The monoisotopic (exact) mass is 186 g/mol. The van der Waals surface area contributed by atoms with Crippen LogP contribution in [0.5, 0.6) is 0 Å². The number of nitrogens with two attached hydrogens (primary N) is 1. The van der Waals surface area contributed by atoms with Gasteiger partial charge in [-0.05, 0) is 33.2 Å². The van der Waals surface area contributed by atoms with Crippen LogP contribution in [0, 0.1) is 5.92 Å². The Morgan fingerprint density at radius 1 is 1.31 bits per heavy atom. The predicted octanol–water partition coefficient (Wildman–Crippen LogP) is 2.09. The van der Waals surface area contributed by atoms with E-state index in [9.17, 15) is 0 Å². The highest BCUT2D eigenvalue weighted by molar-refractivity contribution is 4.81. The van der Waals surface area contributed by atoms with Gasteiger partial charge in [0.05, 0.1) is 0 Å². The maximum atomic E-state index is 6.03. The summed E-state index contributed by atoms with van der Waals surface area (Å²) in [5, 5.41) is 0. The fourth-order valence-corrected chi connectivity index (χ4v) is 1.04. The first-order valence-corrected chi connectivity index (χ1v) is 5.28. The lowest BCUT2D eigenvalue weighted by Gasteiger charge is -2.37. The van der Waals surface area contributed by atoms with Gasteiger partial charge in [0.1, 0.15) is 0 Å². The van der Waals surface area contributed by atoms with Crippen molar-refractivity contribution in [3.63, 3.8) is 0 Å². The van der Waals surface area contributed by atoms with Crippen molar-refractivity contribution >= 4 is 0 Å². The SMILES string of the molecule is CCC(C)(C)N(C)CC(N)C(C)C. The zero-order chi connectivity index (χ0) is 10.6. The lowest BCUT2D eigenvalue weighted by atomic mass is 9.97. The van der Waals surface area contributed by atoms with Crippen molar-refractivity contribution in [2.45, 2.75) is 52.6 Å². The summed E-state index contributed by atoms with van der Waals surface area (Å²) >= 11 is 0. The van der Waals surface area contributed by atoms with Crippen LogP contribution in [-0.2, 0) is 0 Å². The second-order valence-corrected chi connectivity index (χ2v) is 4.95. The summed E-state index contributed by atoms with van der Waals surface area (Å²) in [6.07, 6.45) is 1.16. The fourth-order valence-electron chi connectivity index (χ4n) is 1.04. The van der Waals surface area contributed by atoms with Gasteiger partial charge in [-0.1, -0.05) is 20.8 Å². The van der Waals surface area contributed by atoms with E-state index in [2.05, 4.69) is 46.6 Å². The first kappa shape index (κ1) is 12.9. The van der Waals surface area contributed by atoms with E-state index in [0.717, 1.165) is 13.0 Å². The Morgan fingerprint density at radius 3 is 2.08 bits per heavy atom. The molecule has 1 unspecified atom stereocenters. The average Bonchev–Trinajstić information content (AvgIpc) is 2.04. The number of hydrogen-bond donors (Lipinski definition) is 1. The second-order valence-electron chi connectivity index (χ2n) is 4.95. The molecule has 0 aliphatic rings. The second kappa shape index (κ2) is 4.97. The Bertz CT molecular complexity index is 141. The molecule has 13 heavy (non-hydrogen) atoms. The molecule has 80 valence electrons. The van der Waals surface area contributed by atoms with Gasteiger partial charge >= 0.3 is 0 Å². The van der Waals surface area contributed by atoms with Crippen LogP contribution in [0.3, 0.4) is 0 Å². The molecule has 2 N–H and O–H groups in total. The van der Waals surface area contributed by atoms with E-state index in [4.69, 9.17) is 5.73 Å². The van der Waals surface area contributed by atoms with E-state index in [0.29, 0.717) is 5.92 Å². The molecule has 0 aromatic rings. The Kier molecular flexibility index (Phi) is 4.93. The number of nitrogens with zero attached hydrogens (tertiary/aromatic N) is 1. The van der Waals surface area contributed by atoms with Crippen LogP contribution in [0.25, 0.3) is 0 Å². The first-order chi connectivity index (χ1) is 5.81. The highest BCUT2D eigenvalue weighted by Crippen LogP contribution is 2.17. The van der Waals surface area contributed by atoms with Crippen LogP contribution in [0.4, 0.5) is 0 Å². The van der Waals surface area contributed by atoms with Crippen molar-refractivity contribution in [3.05, 3.63) is 0 Å². The van der Waals surface area contributed by atoms with Crippen molar-refractivity contribution in [1.29, 1.82) is 0 Å². The van der Waals surface area contributed by atoms with Crippen molar-refractivity contribution in [2.75, 3.05) is 13.6 Å². The molecule has 0 rings (SSSR count). The standard InChI is InChI=1S/C11H26N2/c1-7-11(4,5)13(6)8-10(12)9(2)3/h9-10H,7-8,12H2,1-6H3. The van der Waals surface area contributed by atoms with E-state index in [1.54, 1.807) is 0 Å². The third-order valence-corrected chi connectivity index (χ3v) is 3.24. The van der Waals surface area contributed by atoms with Gasteiger partial charge in [0.2, 0.25) is 0 Å². The number of likely N-dealkylation sites (N-methyl/N-ethyl adjacent to an activating group) is 1. The summed E-state index contributed by atoms with van der Waals surface area (Å²) in [4.78, 5) is 2.36. The van der Waals surface area contributed by atoms with Crippen molar-refractivity contribution in [3.8, 4) is 0 Å².